The lowest BCUT2D eigenvalue weighted by atomic mass is 9.57. The van der Waals surface area contributed by atoms with Crippen LogP contribution in [-0.4, -0.2) is 75.5 Å². The molecule has 5 saturated heterocycles. The van der Waals surface area contributed by atoms with E-state index in [4.69, 9.17) is 0 Å². The van der Waals surface area contributed by atoms with E-state index in [1.165, 1.54) is 4.90 Å². The molecule has 6 rings (SSSR count). The second-order valence-corrected chi connectivity index (χ2v) is 10.3. The number of nitrogens with zero attached hydrogens (tertiary/aromatic N) is 3. The van der Waals surface area contributed by atoms with Crippen LogP contribution in [0.1, 0.15) is 46.5 Å². The van der Waals surface area contributed by atoms with Gasteiger partial charge in [-0.15, -0.1) is 0 Å². The molecule has 148 valence electrons. The van der Waals surface area contributed by atoms with Gasteiger partial charge in [-0.25, -0.2) is 0 Å². The fraction of sp³-hybridized carbons (Fsp3) is 0.850. The lowest BCUT2D eigenvalue weighted by molar-refractivity contribution is -0.192. The highest BCUT2D eigenvalue weighted by Crippen LogP contribution is 2.72. The molecule has 3 spiro atoms. The van der Waals surface area contributed by atoms with E-state index in [1.807, 2.05) is 23.8 Å². The van der Waals surface area contributed by atoms with Gasteiger partial charge in [0.2, 0.25) is 17.7 Å². The van der Waals surface area contributed by atoms with E-state index in [2.05, 4.69) is 13.8 Å². The number of hydrogen-bond donors (Lipinski definition) is 1. The van der Waals surface area contributed by atoms with Crippen molar-refractivity contribution in [3.8, 4) is 0 Å². The van der Waals surface area contributed by atoms with Crippen molar-refractivity contribution in [2.24, 2.45) is 22.7 Å². The Bertz CT molecular complexity index is 796. The number of carbonyl (C=O) groups excluding carboxylic acids is 3. The summed E-state index contributed by atoms with van der Waals surface area (Å²) >= 11 is 0. The average Bonchev–Trinajstić information content (AvgIpc) is 3.07. The number of rotatable bonds is 0. The minimum absolute atomic E-state index is 0.0156. The molecule has 1 aliphatic carbocycles. The Morgan fingerprint density at radius 3 is 2.33 bits per heavy atom. The van der Waals surface area contributed by atoms with Crippen molar-refractivity contribution in [1.29, 1.82) is 0 Å². The molecule has 6 fully saturated rings. The van der Waals surface area contributed by atoms with Crippen LogP contribution in [0.4, 0.5) is 0 Å². The van der Waals surface area contributed by atoms with Crippen LogP contribution < -0.4 is 0 Å². The fourth-order valence-corrected chi connectivity index (χ4v) is 7.71. The predicted octanol–water partition coefficient (Wildman–Crippen LogP) is 0.421. The van der Waals surface area contributed by atoms with E-state index in [9.17, 15) is 19.5 Å². The number of aliphatic hydroxyl groups is 1. The van der Waals surface area contributed by atoms with Crippen LogP contribution in [0.25, 0.3) is 0 Å². The summed E-state index contributed by atoms with van der Waals surface area (Å²) in [5, 5.41) is 10.4. The number of piperazine rings is 1. The second kappa shape index (κ2) is 4.50. The Labute approximate surface area is 159 Å². The lowest BCUT2D eigenvalue weighted by Gasteiger charge is -2.64. The van der Waals surface area contributed by atoms with Crippen molar-refractivity contribution < 1.29 is 19.5 Å². The van der Waals surface area contributed by atoms with E-state index in [-0.39, 0.29) is 35.0 Å². The third-order valence-electron chi connectivity index (χ3n) is 9.44. The summed E-state index contributed by atoms with van der Waals surface area (Å²) in [6, 6.07) is 0. The van der Waals surface area contributed by atoms with E-state index in [0.717, 1.165) is 0 Å². The number of aliphatic hydroxyl groups excluding tert-OH is 1. The molecular weight excluding hydrogens is 346 g/mol. The molecule has 5 aliphatic heterocycles. The number of amides is 3. The molecule has 1 saturated carbocycles. The van der Waals surface area contributed by atoms with Crippen molar-refractivity contribution in [3.05, 3.63) is 0 Å². The van der Waals surface area contributed by atoms with Crippen LogP contribution in [0.15, 0.2) is 0 Å². The van der Waals surface area contributed by atoms with Crippen LogP contribution in [0.3, 0.4) is 0 Å². The molecule has 27 heavy (non-hydrogen) atoms. The summed E-state index contributed by atoms with van der Waals surface area (Å²) < 4.78 is 0. The average molecular weight is 375 g/mol. The zero-order chi connectivity index (χ0) is 19.7. The van der Waals surface area contributed by atoms with Crippen LogP contribution in [0, 0.1) is 22.7 Å². The van der Waals surface area contributed by atoms with Crippen LogP contribution >= 0.6 is 0 Å². The molecular formula is C20H29N3O4. The molecule has 7 nitrogen and oxygen atoms in total. The van der Waals surface area contributed by atoms with Gasteiger partial charge in [-0.1, -0.05) is 20.8 Å². The summed E-state index contributed by atoms with van der Waals surface area (Å²) in [7, 11) is 3.52. The Morgan fingerprint density at radius 1 is 1.07 bits per heavy atom. The highest BCUT2D eigenvalue weighted by Gasteiger charge is 2.80. The molecule has 7 heteroatoms. The highest BCUT2D eigenvalue weighted by atomic mass is 16.3. The first-order chi connectivity index (χ1) is 12.5. The first-order valence-corrected chi connectivity index (χ1v) is 10.00. The fourth-order valence-electron chi connectivity index (χ4n) is 7.71. The minimum Gasteiger partial charge on any atom is -0.373 e. The number of piperidine rings is 2. The van der Waals surface area contributed by atoms with E-state index < -0.39 is 22.7 Å². The molecule has 0 radical (unpaired) electrons. The zero-order valence-corrected chi connectivity index (χ0v) is 16.8. The maximum atomic E-state index is 13.5. The predicted molar refractivity (Wildman–Crippen MR) is 96.1 cm³/mol. The molecule has 1 N–H and O–H groups in total. The quantitative estimate of drug-likeness (QED) is 0.665. The number of hydrogen-bond acceptors (Lipinski definition) is 4. The standard InChI is InChI=1S/C20H29N3O4/c1-11-6-13(24)23-10-19-9-18(8-14(25)21(4)15(18)26)17(2,3)12(19)7-20(11,23)16(27)22(19)5/h11-12,14,25H,6-10H2,1-5H3/t11-,12-,14+,18-,19+,20+/m0/s1. The molecule has 0 aromatic carbocycles. The number of carbonyl (C=O) groups is 3. The van der Waals surface area contributed by atoms with Gasteiger partial charge in [0.25, 0.3) is 0 Å². The third-order valence-corrected chi connectivity index (χ3v) is 9.44. The first-order valence-electron chi connectivity index (χ1n) is 10.00. The Morgan fingerprint density at radius 2 is 1.74 bits per heavy atom. The summed E-state index contributed by atoms with van der Waals surface area (Å²) in [6.45, 7) is 6.80. The van der Waals surface area contributed by atoms with Gasteiger partial charge in [-0.3, -0.25) is 14.4 Å². The lowest BCUT2D eigenvalue weighted by Crippen LogP contribution is -2.80. The molecule has 0 aromatic rings. The number of fused-ring (bicyclic) bond motifs is 1. The smallest absolute Gasteiger partial charge is 0.249 e. The summed E-state index contributed by atoms with van der Waals surface area (Å²) in [5.74, 6) is 0.189. The maximum absolute atomic E-state index is 13.5. The molecule has 3 amide bonds. The van der Waals surface area contributed by atoms with Gasteiger partial charge in [0, 0.05) is 33.5 Å². The monoisotopic (exact) mass is 375 g/mol. The Balaban J connectivity index is 1.70. The van der Waals surface area contributed by atoms with Crippen molar-refractivity contribution in [2.45, 2.75) is 63.8 Å². The van der Waals surface area contributed by atoms with E-state index in [0.29, 0.717) is 32.2 Å². The van der Waals surface area contributed by atoms with E-state index in [1.54, 1.807) is 7.05 Å². The van der Waals surface area contributed by atoms with Crippen molar-refractivity contribution in [3.63, 3.8) is 0 Å². The Hall–Kier alpha value is -1.63. The summed E-state index contributed by atoms with van der Waals surface area (Å²) in [5.41, 5.74) is -2.34. The van der Waals surface area contributed by atoms with Gasteiger partial charge in [0.15, 0.2) is 0 Å². The van der Waals surface area contributed by atoms with Crippen LogP contribution in [0.5, 0.6) is 0 Å². The van der Waals surface area contributed by atoms with Gasteiger partial charge >= 0.3 is 0 Å². The second-order valence-electron chi connectivity index (χ2n) is 10.3. The van der Waals surface area contributed by atoms with Crippen molar-refractivity contribution in [1.82, 2.24) is 14.7 Å². The topological polar surface area (TPSA) is 81.2 Å². The molecule has 0 aromatic heterocycles. The zero-order valence-electron chi connectivity index (χ0n) is 16.8. The minimum atomic E-state index is -0.787. The summed E-state index contributed by atoms with van der Waals surface area (Å²) in [4.78, 5) is 44.7. The SMILES string of the molecule is C[C@H]1CC(=O)N2C[C@]34C[C@]5(C[C@@H](O)N(C)C5=O)C(C)(C)[C@@H]3C[C@]12C(=O)N4C. The molecule has 5 heterocycles. The summed E-state index contributed by atoms with van der Waals surface area (Å²) in [6.07, 6.45) is 1.18. The normalized spacial score (nSPS) is 50.2. The maximum Gasteiger partial charge on any atom is 0.249 e. The largest absolute Gasteiger partial charge is 0.373 e. The molecule has 6 atom stereocenters. The van der Waals surface area contributed by atoms with Gasteiger partial charge in [0.05, 0.1) is 11.0 Å². The van der Waals surface area contributed by atoms with Crippen molar-refractivity contribution in [2.75, 3.05) is 20.6 Å². The van der Waals surface area contributed by atoms with Gasteiger partial charge < -0.3 is 19.8 Å². The van der Waals surface area contributed by atoms with Gasteiger partial charge in [0.1, 0.15) is 11.8 Å². The number of likely N-dealkylation sites (N-methyl/N-ethyl adjacent to an activating group) is 1. The molecule has 6 aliphatic rings. The first kappa shape index (κ1) is 17.5. The van der Waals surface area contributed by atoms with E-state index >= 15 is 0 Å². The van der Waals surface area contributed by atoms with Crippen LogP contribution in [-0.2, 0) is 14.4 Å². The molecule has 0 unspecified atom stereocenters. The highest BCUT2D eigenvalue weighted by molar-refractivity contribution is 5.98. The molecule has 2 bridgehead atoms. The van der Waals surface area contributed by atoms with Gasteiger partial charge in [-0.2, -0.15) is 0 Å². The number of likely N-dealkylation sites (tertiary alicyclic amines) is 1. The van der Waals surface area contributed by atoms with Gasteiger partial charge in [-0.05, 0) is 30.1 Å². The van der Waals surface area contributed by atoms with Crippen molar-refractivity contribution >= 4 is 17.7 Å². The van der Waals surface area contributed by atoms with Crippen LogP contribution in [0.2, 0.25) is 0 Å². The Kier molecular flexibility index (Phi) is 2.91. The third kappa shape index (κ3) is 1.49.